The maximum absolute atomic E-state index is 13.6. The van der Waals surface area contributed by atoms with Gasteiger partial charge in [0.1, 0.15) is 0 Å². The van der Waals surface area contributed by atoms with Crippen LogP contribution in [0, 0.1) is 12.8 Å². The normalized spacial score (nSPS) is 24.3. The minimum Gasteiger partial charge on any atom is -0.311 e. The zero-order valence-corrected chi connectivity index (χ0v) is 9.47. The Morgan fingerprint density at radius 2 is 2.25 bits per heavy atom. The molecule has 1 aliphatic rings. The highest BCUT2D eigenvalue weighted by atomic mass is 19.3. The van der Waals surface area contributed by atoms with E-state index in [2.05, 4.69) is 5.32 Å². The molecule has 88 valence electrons. The zero-order chi connectivity index (χ0) is 11.6. The number of benzene rings is 1. The highest BCUT2D eigenvalue weighted by Gasteiger charge is 2.41. The number of nitrogens with one attached hydrogen (secondary N) is 1. The molecule has 1 nitrogen and oxygen atoms in total. The van der Waals surface area contributed by atoms with Crippen LogP contribution >= 0.6 is 0 Å². The average Bonchev–Trinajstić information content (AvgIpc) is 2.21. The molecule has 3 heteroatoms. The fourth-order valence-electron chi connectivity index (χ4n) is 2.26. The van der Waals surface area contributed by atoms with E-state index in [1.54, 1.807) is 0 Å². The van der Waals surface area contributed by atoms with Crippen molar-refractivity contribution in [2.45, 2.75) is 25.7 Å². The van der Waals surface area contributed by atoms with Crippen LogP contribution in [0.25, 0.3) is 0 Å². The van der Waals surface area contributed by atoms with Crippen LogP contribution in [0.15, 0.2) is 24.3 Å². The molecule has 1 aliphatic heterocycles. The van der Waals surface area contributed by atoms with E-state index in [0.29, 0.717) is 19.4 Å². The molecule has 1 N–H and O–H groups in total. The molecular formula is C13H17F2N. The molecule has 1 unspecified atom stereocenters. The topological polar surface area (TPSA) is 12.0 Å². The number of aryl methyl sites for hydroxylation is 1. The summed E-state index contributed by atoms with van der Waals surface area (Å²) in [6.45, 7) is 2.51. The molecule has 0 saturated carbocycles. The maximum Gasteiger partial charge on any atom is 0.263 e. The Morgan fingerprint density at radius 3 is 2.94 bits per heavy atom. The van der Waals surface area contributed by atoms with Gasteiger partial charge in [-0.1, -0.05) is 29.8 Å². The average molecular weight is 225 g/mol. The lowest BCUT2D eigenvalue weighted by Crippen LogP contribution is -2.46. The molecule has 1 aromatic carbocycles. The fourth-order valence-corrected chi connectivity index (χ4v) is 2.26. The van der Waals surface area contributed by atoms with Crippen LogP contribution in [0.2, 0.25) is 0 Å². The molecule has 0 aliphatic carbocycles. The van der Waals surface area contributed by atoms with Crippen LogP contribution in [0.3, 0.4) is 0 Å². The first-order valence-electron chi connectivity index (χ1n) is 5.72. The second-order valence-corrected chi connectivity index (χ2v) is 4.62. The van der Waals surface area contributed by atoms with Gasteiger partial charge in [-0.05, 0) is 31.9 Å². The molecule has 2 rings (SSSR count). The van der Waals surface area contributed by atoms with Crippen molar-refractivity contribution >= 4 is 0 Å². The minimum atomic E-state index is -2.57. The van der Waals surface area contributed by atoms with Gasteiger partial charge in [0.05, 0.1) is 6.54 Å². The van der Waals surface area contributed by atoms with Crippen molar-refractivity contribution < 1.29 is 8.78 Å². The van der Waals surface area contributed by atoms with Gasteiger partial charge in [-0.25, -0.2) is 8.78 Å². The highest BCUT2D eigenvalue weighted by molar-refractivity contribution is 5.23. The van der Waals surface area contributed by atoms with Gasteiger partial charge in [-0.15, -0.1) is 0 Å². The van der Waals surface area contributed by atoms with Crippen molar-refractivity contribution in [3.05, 3.63) is 35.4 Å². The smallest absolute Gasteiger partial charge is 0.263 e. The molecule has 16 heavy (non-hydrogen) atoms. The van der Waals surface area contributed by atoms with Crippen molar-refractivity contribution in [1.82, 2.24) is 5.32 Å². The van der Waals surface area contributed by atoms with Crippen LogP contribution in [-0.2, 0) is 6.42 Å². The van der Waals surface area contributed by atoms with E-state index in [0.717, 1.165) is 11.1 Å². The third-order valence-electron chi connectivity index (χ3n) is 3.19. The van der Waals surface area contributed by atoms with Gasteiger partial charge in [0.15, 0.2) is 0 Å². The lowest BCUT2D eigenvalue weighted by atomic mass is 9.87. The quantitative estimate of drug-likeness (QED) is 0.816. The lowest BCUT2D eigenvalue weighted by molar-refractivity contribution is -0.0727. The van der Waals surface area contributed by atoms with E-state index < -0.39 is 11.8 Å². The van der Waals surface area contributed by atoms with Gasteiger partial charge in [0.2, 0.25) is 0 Å². The number of halogens is 2. The lowest BCUT2D eigenvalue weighted by Gasteiger charge is -2.32. The number of piperidine rings is 1. The van der Waals surface area contributed by atoms with E-state index in [1.165, 1.54) is 0 Å². The third-order valence-corrected chi connectivity index (χ3v) is 3.19. The highest BCUT2D eigenvalue weighted by Crippen LogP contribution is 2.32. The molecule has 1 aromatic rings. The summed E-state index contributed by atoms with van der Waals surface area (Å²) in [6, 6.07) is 7.86. The Morgan fingerprint density at radius 1 is 1.44 bits per heavy atom. The number of hydrogen-bond donors (Lipinski definition) is 1. The Hall–Kier alpha value is -0.960. The van der Waals surface area contributed by atoms with Gasteiger partial charge < -0.3 is 5.32 Å². The predicted molar refractivity (Wildman–Crippen MR) is 60.8 cm³/mol. The Labute approximate surface area is 94.9 Å². The molecule has 0 bridgehead atoms. The van der Waals surface area contributed by atoms with E-state index in [9.17, 15) is 8.78 Å². The van der Waals surface area contributed by atoms with E-state index in [1.807, 2.05) is 31.2 Å². The van der Waals surface area contributed by atoms with Crippen molar-refractivity contribution in [1.29, 1.82) is 0 Å². The minimum absolute atomic E-state index is 0.177. The summed E-state index contributed by atoms with van der Waals surface area (Å²) in [5, 5.41) is 2.75. The van der Waals surface area contributed by atoms with Crippen LogP contribution in [-0.4, -0.2) is 19.0 Å². The van der Waals surface area contributed by atoms with E-state index >= 15 is 0 Å². The predicted octanol–water partition coefficient (Wildman–Crippen LogP) is 2.78. The fraction of sp³-hybridized carbons (Fsp3) is 0.538. The van der Waals surface area contributed by atoms with Crippen molar-refractivity contribution in [2.24, 2.45) is 5.92 Å². The number of rotatable bonds is 2. The van der Waals surface area contributed by atoms with E-state index in [4.69, 9.17) is 0 Å². The molecular weight excluding hydrogens is 208 g/mol. The SMILES string of the molecule is Cc1cccc(CC2CCNCC2(F)F)c1. The second kappa shape index (κ2) is 4.50. The summed E-state index contributed by atoms with van der Waals surface area (Å²) < 4.78 is 27.2. The van der Waals surface area contributed by atoms with Gasteiger partial charge in [0.25, 0.3) is 5.92 Å². The Bertz CT molecular complexity index is 363. The van der Waals surface area contributed by atoms with E-state index in [-0.39, 0.29) is 6.54 Å². The van der Waals surface area contributed by atoms with Gasteiger partial charge in [-0.2, -0.15) is 0 Å². The molecule has 1 atom stereocenters. The summed E-state index contributed by atoms with van der Waals surface area (Å²) in [5.41, 5.74) is 2.15. The Balaban J connectivity index is 2.08. The second-order valence-electron chi connectivity index (χ2n) is 4.62. The van der Waals surface area contributed by atoms with Crippen molar-refractivity contribution in [3.8, 4) is 0 Å². The number of alkyl halides is 2. The van der Waals surface area contributed by atoms with Crippen molar-refractivity contribution in [3.63, 3.8) is 0 Å². The van der Waals surface area contributed by atoms with Gasteiger partial charge in [-0.3, -0.25) is 0 Å². The molecule has 0 spiro atoms. The molecule has 0 aromatic heterocycles. The van der Waals surface area contributed by atoms with Crippen LogP contribution in [0.1, 0.15) is 17.5 Å². The monoisotopic (exact) mass is 225 g/mol. The van der Waals surface area contributed by atoms with Crippen LogP contribution in [0.5, 0.6) is 0 Å². The first-order valence-corrected chi connectivity index (χ1v) is 5.72. The third kappa shape index (κ3) is 2.59. The van der Waals surface area contributed by atoms with Crippen LogP contribution in [0.4, 0.5) is 8.78 Å². The maximum atomic E-state index is 13.6. The molecule has 0 radical (unpaired) electrons. The van der Waals surface area contributed by atoms with Gasteiger partial charge >= 0.3 is 0 Å². The number of hydrogen-bond acceptors (Lipinski definition) is 1. The molecule has 1 saturated heterocycles. The van der Waals surface area contributed by atoms with Gasteiger partial charge in [0, 0.05) is 5.92 Å². The van der Waals surface area contributed by atoms with Crippen molar-refractivity contribution in [2.75, 3.05) is 13.1 Å². The molecule has 1 fully saturated rings. The summed E-state index contributed by atoms with van der Waals surface area (Å²) in [7, 11) is 0. The zero-order valence-electron chi connectivity index (χ0n) is 9.47. The largest absolute Gasteiger partial charge is 0.311 e. The summed E-state index contributed by atoms with van der Waals surface area (Å²) in [6.07, 6.45) is 1.04. The first kappa shape index (κ1) is 11.5. The molecule has 0 amide bonds. The van der Waals surface area contributed by atoms with Crippen LogP contribution < -0.4 is 5.32 Å². The summed E-state index contributed by atoms with van der Waals surface area (Å²) in [4.78, 5) is 0. The molecule has 1 heterocycles. The first-order chi connectivity index (χ1) is 7.58. The summed E-state index contributed by atoms with van der Waals surface area (Å²) >= 11 is 0. The standard InChI is InChI=1S/C13H17F2N/c1-10-3-2-4-11(7-10)8-12-5-6-16-9-13(12,14)15/h2-4,7,12,16H,5-6,8-9H2,1H3. The summed E-state index contributed by atoms with van der Waals surface area (Å²) in [5.74, 6) is -3.09. The Kier molecular flexibility index (Phi) is 3.24.